The van der Waals surface area contributed by atoms with E-state index in [4.69, 9.17) is 5.11 Å². The Bertz CT molecular complexity index is 1390. The molecule has 8 nitrogen and oxygen atoms in total. The van der Waals surface area contributed by atoms with Crippen LogP contribution in [0.4, 0.5) is 20.8 Å². The largest absolute Gasteiger partial charge is 0.465 e. The summed E-state index contributed by atoms with van der Waals surface area (Å²) in [5.41, 5.74) is 1.35. The van der Waals surface area contributed by atoms with Gasteiger partial charge >= 0.3 is 6.09 Å². The number of H-pyrrole nitrogens is 1. The molecule has 0 fully saturated rings. The Hall–Kier alpha value is -4.05. The van der Waals surface area contributed by atoms with Crippen LogP contribution >= 0.6 is 15.9 Å². The van der Waals surface area contributed by atoms with Crippen LogP contribution in [0, 0.1) is 5.82 Å². The monoisotopic (exact) mass is 496 g/mol. The lowest BCUT2D eigenvalue weighted by Crippen LogP contribution is -2.17. The number of carbonyl (C=O) groups is 3. The van der Waals surface area contributed by atoms with Crippen LogP contribution in [0.15, 0.2) is 65.1 Å². The van der Waals surface area contributed by atoms with Gasteiger partial charge in [-0.1, -0.05) is 24.3 Å². The molecule has 0 unspecified atom stereocenters. The fraction of sp³-hybridized carbons (Fsp3) is 0. The molecule has 0 aliphatic rings. The molecule has 0 atom stereocenters. The van der Waals surface area contributed by atoms with E-state index in [1.54, 1.807) is 24.3 Å². The number of anilines is 2. The molecule has 0 aliphatic heterocycles. The lowest BCUT2D eigenvalue weighted by molar-refractivity contribution is 0.0996. The van der Waals surface area contributed by atoms with Gasteiger partial charge in [0, 0.05) is 11.1 Å². The van der Waals surface area contributed by atoms with Gasteiger partial charge in [-0.25, -0.2) is 14.2 Å². The normalized spacial score (nSPS) is 10.7. The van der Waals surface area contributed by atoms with Crippen LogP contribution in [-0.4, -0.2) is 32.9 Å². The number of carboxylic acid groups (broad SMARTS) is 1. The second-order valence-electron chi connectivity index (χ2n) is 6.68. The zero-order valence-corrected chi connectivity index (χ0v) is 17.7. The van der Waals surface area contributed by atoms with Crippen molar-refractivity contribution in [2.75, 3.05) is 10.6 Å². The summed E-state index contributed by atoms with van der Waals surface area (Å²) in [4.78, 5) is 43.6. The minimum Gasteiger partial charge on any atom is -0.465 e. The highest BCUT2D eigenvalue weighted by atomic mass is 79.9. The van der Waals surface area contributed by atoms with Crippen molar-refractivity contribution in [1.29, 1.82) is 0 Å². The Morgan fingerprint density at radius 2 is 1.72 bits per heavy atom. The smallest absolute Gasteiger partial charge is 0.411 e. The number of halogens is 2. The second-order valence-corrected chi connectivity index (χ2v) is 7.53. The number of fused-ring (bicyclic) bond motifs is 1. The fourth-order valence-corrected chi connectivity index (χ4v) is 3.50. The third-order valence-electron chi connectivity index (χ3n) is 4.59. The van der Waals surface area contributed by atoms with E-state index < -0.39 is 23.6 Å². The van der Waals surface area contributed by atoms with E-state index in [1.165, 1.54) is 36.4 Å². The first-order valence-corrected chi connectivity index (χ1v) is 10.0. The van der Waals surface area contributed by atoms with E-state index >= 15 is 0 Å². The lowest BCUT2D eigenvalue weighted by atomic mass is 9.97. The molecule has 4 aromatic rings. The first kappa shape index (κ1) is 21.2. The molecule has 0 saturated heterocycles. The van der Waals surface area contributed by atoms with Crippen molar-refractivity contribution in [2.24, 2.45) is 0 Å². The summed E-state index contributed by atoms with van der Waals surface area (Å²) in [5, 5.41) is 13.4. The number of hydrogen-bond acceptors (Lipinski definition) is 4. The van der Waals surface area contributed by atoms with Crippen LogP contribution in [0.1, 0.15) is 26.3 Å². The maximum atomic E-state index is 14.3. The highest BCUT2D eigenvalue weighted by molar-refractivity contribution is 9.10. The molecule has 3 aromatic carbocycles. The van der Waals surface area contributed by atoms with E-state index in [2.05, 4.69) is 36.5 Å². The summed E-state index contributed by atoms with van der Waals surface area (Å²) in [7, 11) is 0. The number of amides is 2. The van der Waals surface area contributed by atoms with Gasteiger partial charge in [-0.2, -0.15) is 0 Å². The Kier molecular flexibility index (Phi) is 5.69. The van der Waals surface area contributed by atoms with E-state index in [-0.39, 0.29) is 32.8 Å². The van der Waals surface area contributed by atoms with Gasteiger partial charge in [0.15, 0.2) is 11.6 Å². The van der Waals surface area contributed by atoms with Gasteiger partial charge in [0.25, 0.3) is 5.91 Å². The number of imidazole rings is 1. The number of nitrogens with zero attached hydrogens (tertiary/aromatic N) is 1. The van der Waals surface area contributed by atoms with Crippen molar-refractivity contribution in [3.05, 3.63) is 87.6 Å². The topological polar surface area (TPSA) is 124 Å². The van der Waals surface area contributed by atoms with Crippen LogP contribution < -0.4 is 10.6 Å². The zero-order chi connectivity index (χ0) is 22.8. The second kappa shape index (κ2) is 8.60. The number of nitrogens with one attached hydrogen (secondary N) is 3. The summed E-state index contributed by atoms with van der Waals surface area (Å²) >= 11 is 3.07. The fourth-order valence-electron chi connectivity index (χ4n) is 3.14. The molecule has 1 heterocycles. The molecule has 0 aliphatic carbocycles. The number of hydrogen-bond donors (Lipinski definition) is 4. The van der Waals surface area contributed by atoms with Gasteiger partial charge in [-0.15, -0.1) is 0 Å². The number of ketones is 1. The molecule has 0 spiro atoms. The summed E-state index contributed by atoms with van der Waals surface area (Å²) < 4.78 is 14.4. The molecule has 4 rings (SSSR count). The molecule has 1 aromatic heterocycles. The molecule has 2 amide bonds. The summed E-state index contributed by atoms with van der Waals surface area (Å²) in [6.07, 6.45) is -1.28. The third-order valence-corrected chi connectivity index (χ3v) is 5.20. The highest BCUT2D eigenvalue weighted by Crippen LogP contribution is 2.24. The summed E-state index contributed by atoms with van der Waals surface area (Å²) in [6, 6.07) is 15.3. The maximum absolute atomic E-state index is 14.3. The van der Waals surface area contributed by atoms with Crippen molar-refractivity contribution in [2.45, 2.75) is 0 Å². The molecule has 0 radical (unpaired) electrons. The number of carbonyl (C=O) groups excluding carboxylic acids is 2. The molecule has 32 heavy (non-hydrogen) atoms. The predicted octanol–water partition coefficient (Wildman–Crippen LogP) is 5.04. The molecule has 0 saturated carbocycles. The minimum atomic E-state index is -1.28. The first-order chi connectivity index (χ1) is 15.3. The molecule has 160 valence electrons. The van der Waals surface area contributed by atoms with E-state index in [1.807, 2.05) is 0 Å². The molecule has 10 heteroatoms. The average molecular weight is 497 g/mol. The molecular formula is C22H14BrFN4O4. The predicted molar refractivity (Wildman–Crippen MR) is 120 cm³/mol. The van der Waals surface area contributed by atoms with Crippen molar-refractivity contribution < 1.29 is 23.9 Å². The minimum absolute atomic E-state index is 0.0212. The molecule has 4 N–H and O–H groups in total. The Morgan fingerprint density at radius 1 is 0.969 bits per heavy atom. The van der Waals surface area contributed by atoms with Crippen molar-refractivity contribution in [3.8, 4) is 0 Å². The van der Waals surface area contributed by atoms with Gasteiger partial charge < -0.3 is 15.4 Å². The number of aromatic nitrogens is 2. The van der Waals surface area contributed by atoms with Crippen LogP contribution in [0.2, 0.25) is 0 Å². The standard InChI is InChI=1S/C22H14BrFN4O4/c23-14-6-3-7-16(18(14)24)25-20(30)13-5-2-1-4-12(13)19(29)11-8-9-15-17(10-11)27-21(26-15)28-22(31)32/h1-10H,(H,25,30)(H,31,32)(H2,26,27,28). The van der Waals surface area contributed by atoms with Crippen LogP contribution in [0.5, 0.6) is 0 Å². The molecule has 0 bridgehead atoms. The van der Waals surface area contributed by atoms with E-state index in [0.29, 0.717) is 11.0 Å². The van der Waals surface area contributed by atoms with Gasteiger partial charge in [-0.3, -0.25) is 14.9 Å². The highest BCUT2D eigenvalue weighted by Gasteiger charge is 2.20. The lowest BCUT2D eigenvalue weighted by Gasteiger charge is -2.11. The average Bonchev–Trinajstić information content (AvgIpc) is 3.17. The quantitative estimate of drug-likeness (QED) is 0.288. The van der Waals surface area contributed by atoms with Gasteiger partial charge in [0.2, 0.25) is 5.95 Å². The molecular weight excluding hydrogens is 483 g/mol. The van der Waals surface area contributed by atoms with Crippen LogP contribution in [0.25, 0.3) is 11.0 Å². The Balaban J connectivity index is 1.65. The van der Waals surface area contributed by atoms with Crippen LogP contribution in [0.3, 0.4) is 0 Å². The van der Waals surface area contributed by atoms with E-state index in [0.717, 1.165) is 0 Å². The van der Waals surface area contributed by atoms with Gasteiger partial charge in [-0.05, 0) is 52.3 Å². The van der Waals surface area contributed by atoms with Crippen molar-refractivity contribution in [1.82, 2.24) is 9.97 Å². The SMILES string of the molecule is O=C(O)Nc1nc2ccc(C(=O)c3ccccc3C(=O)Nc3cccc(Br)c3F)cc2[nH]1. The number of aromatic amines is 1. The summed E-state index contributed by atoms with van der Waals surface area (Å²) in [6.45, 7) is 0. The maximum Gasteiger partial charge on any atom is 0.411 e. The van der Waals surface area contributed by atoms with Crippen molar-refractivity contribution >= 4 is 56.4 Å². The summed E-state index contributed by atoms with van der Waals surface area (Å²) in [5.74, 6) is -1.68. The van der Waals surface area contributed by atoms with Crippen molar-refractivity contribution in [3.63, 3.8) is 0 Å². The van der Waals surface area contributed by atoms with Gasteiger partial charge in [0.05, 0.1) is 26.8 Å². The first-order valence-electron chi connectivity index (χ1n) is 9.22. The Labute approximate surface area is 188 Å². The van der Waals surface area contributed by atoms with E-state index in [9.17, 15) is 18.8 Å². The van der Waals surface area contributed by atoms with Gasteiger partial charge in [0.1, 0.15) is 0 Å². The third kappa shape index (κ3) is 4.21. The number of rotatable bonds is 5. The Morgan fingerprint density at radius 3 is 2.47 bits per heavy atom. The van der Waals surface area contributed by atoms with Crippen LogP contribution in [-0.2, 0) is 0 Å². The zero-order valence-electron chi connectivity index (χ0n) is 16.1. The number of benzene rings is 3.